The topological polar surface area (TPSA) is 76.6 Å². The number of sulfonamides is 1. The van der Waals surface area contributed by atoms with E-state index in [0.29, 0.717) is 18.8 Å². The van der Waals surface area contributed by atoms with Gasteiger partial charge in [-0.2, -0.15) is 4.31 Å². The van der Waals surface area contributed by atoms with Gasteiger partial charge in [0.05, 0.1) is 11.5 Å². The molecular weight excluding hydrogens is 290 g/mol. The number of aliphatic hydroxyl groups excluding tert-OH is 1. The lowest BCUT2D eigenvalue weighted by atomic mass is 10.3. The third-order valence-electron chi connectivity index (χ3n) is 3.65. The van der Waals surface area contributed by atoms with Crippen molar-refractivity contribution < 1.29 is 13.5 Å². The minimum Gasteiger partial charge on any atom is -0.390 e. The van der Waals surface area contributed by atoms with Gasteiger partial charge in [0.2, 0.25) is 10.0 Å². The lowest BCUT2D eigenvalue weighted by Crippen LogP contribution is -2.34. The largest absolute Gasteiger partial charge is 0.390 e. The van der Waals surface area contributed by atoms with Gasteiger partial charge in [0.25, 0.3) is 0 Å². The Morgan fingerprint density at radius 3 is 2.29 bits per heavy atom. The lowest BCUT2D eigenvalue weighted by molar-refractivity contribution is 0.277. The monoisotopic (exact) mass is 317 g/mol. The third-order valence-corrected chi connectivity index (χ3v) is 5.61. The number of hydrogen-bond acceptors (Lipinski definition) is 4. The van der Waals surface area contributed by atoms with Crippen molar-refractivity contribution in [3.63, 3.8) is 0 Å². The normalized spacial score (nSPS) is 12.5. The Labute approximate surface area is 127 Å². The summed E-state index contributed by atoms with van der Waals surface area (Å²) in [6.07, 6.45) is 2.25. The summed E-state index contributed by atoms with van der Waals surface area (Å²) in [5.41, 5.74) is 0.507. The second-order valence-corrected chi connectivity index (χ2v) is 6.83. The summed E-state index contributed by atoms with van der Waals surface area (Å²) < 4.78 is 26.5. The summed E-state index contributed by atoms with van der Waals surface area (Å²) in [5, 5.41) is 9.02. The Kier molecular flexibility index (Phi) is 7.37. The van der Waals surface area contributed by atoms with Crippen LogP contribution in [-0.4, -0.2) is 60.4 Å². The number of aromatic nitrogens is 1. The minimum atomic E-state index is -3.48. The van der Waals surface area contributed by atoms with Crippen molar-refractivity contribution in [3.8, 4) is 0 Å². The van der Waals surface area contributed by atoms with Crippen molar-refractivity contribution in [1.29, 1.82) is 0 Å². The number of hydrogen-bond donors (Lipinski definition) is 2. The Morgan fingerprint density at radius 2 is 1.81 bits per heavy atom. The van der Waals surface area contributed by atoms with Crippen molar-refractivity contribution in [3.05, 3.63) is 18.0 Å². The molecule has 0 bridgehead atoms. The Morgan fingerprint density at radius 1 is 1.14 bits per heavy atom. The molecule has 0 aliphatic carbocycles. The van der Waals surface area contributed by atoms with E-state index in [4.69, 9.17) is 5.11 Å². The summed E-state index contributed by atoms with van der Waals surface area (Å²) in [7, 11) is -3.48. The van der Waals surface area contributed by atoms with Crippen molar-refractivity contribution in [2.45, 2.75) is 38.7 Å². The van der Waals surface area contributed by atoms with Crippen LogP contribution in [0.25, 0.3) is 0 Å². The van der Waals surface area contributed by atoms with Crippen molar-refractivity contribution in [1.82, 2.24) is 14.2 Å². The summed E-state index contributed by atoms with van der Waals surface area (Å²) in [6, 6.07) is 1.49. The first kappa shape index (κ1) is 18.2. The second kappa shape index (κ2) is 8.53. The minimum absolute atomic E-state index is 0.191. The van der Waals surface area contributed by atoms with E-state index in [9.17, 15) is 8.42 Å². The molecule has 1 aromatic heterocycles. The van der Waals surface area contributed by atoms with Crippen LogP contribution >= 0.6 is 0 Å². The van der Waals surface area contributed by atoms with Gasteiger partial charge in [-0.05, 0) is 32.1 Å². The predicted octanol–water partition coefficient (Wildman–Crippen LogP) is 1.25. The molecule has 7 heteroatoms. The molecule has 0 fully saturated rings. The molecule has 122 valence electrons. The van der Waals surface area contributed by atoms with Crippen molar-refractivity contribution >= 4 is 10.0 Å². The molecule has 0 unspecified atom stereocenters. The van der Waals surface area contributed by atoms with Gasteiger partial charge < -0.3 is 15.0 Å². The number of nitrogens with zero attached hydrogens (tertiary/aromatic N) is 2. The highest BCUT2D eigenvalue weighted by Crippen LogP contribution is 2.17. The van der Waals surface area contributed by atoms with Gasteiger partial charge in [-0.25, -0.2) is 8.42 Å². The zero-order valence-electron chi connectivity index (χ0n) is 13.2. The van der Waals surface area contributed by atoms with Crippen LogP contribution in [0.5, 0.6) is 0 Å². The fourth-order valence-corrected chi connectivity index (χ4v) is 3.77. The van der Waals surface area contributed by atoms with E-state index in [1.165, 1.54) is 16.6 Å². The molecule has 0 aliphatic rings. The van der Waals surface area contributed by atoms with E-state index in [1.54, 1.807) is 0 Å². The molecule has 2 N–H and O–H groups in total. The molecule has 1 rings (SSSR count). The average molecular weight is 317 g/mol. The van der Waals surface area contributed by atoms with E-state index < -0.39 is 10.0 Å². The number of rotatable bonds is 10. The Balaban J connectivity index is 2.69. The maximum Gasteiger partial charge on any atom is 0.244 e. The highest BCUT2D eigenvalue weighted by Gasteiger charge is 2.23. The quantitative estimate of drug-likeness (QED) is 0.681. The fourth-order valence-electron chi connectivity index (χ4n) is 2.27. The van der Waals surface area contributed by atoms with E-state index in [1.807, 2.05) is 6.92 Å². The Hall–Kier alpha value is -0.890. The molecule has 0 aromatic carbocycles. The van der Waals surface area contributed by atoms with Crippen molar-refractivity contribution in [2.75, 3.05) is 32.7 Å². The zero-order chi connectivity index (χ0) is 15.9. The summed E-state index contributed by atoms with van der Waals surface area (Å²) in [6.45, 7) is 9.67. The molecule has 0 radical (unpaired) electrons. The van der Waals surface area contributed by atoms with Gasteiger partial charge in [0.15, 0.2) is 0 Å². The highest BCUT2D eigenvalue weighted by atomic mass is 32.2. The highest BCUT2D eigenvalue weighted by molar-refractivity contribution is 7.89. The van der Waals surface area contributed by atoms with E-state index in [2.05, 4.69) is 23.7 Å². The van der Waals surface area contributed by atoms with Crippen LogP contribution in [0.2, 0.25) is 0 Å². The number of aromatic amines is 1. The van der Waals surface area contributed by atoms with E-state index in [-0.39, 0.29) is 11.5 Å². The Bertz CT molecular complexity index is 509. The number of nitrogens with one attached hydrogen (secondary N) is 1. The molecule has 0 atom stereocenters. The van der Waals surface area contributed by atoms with Crippen LogP contribution in [-0.2, 0) is 16.6 Å². The zero-order valence-corrected chi connectivity index (χ0v) is 14.0. The molecule has 6 nitrogen and oxygen atoms in total. The van der Waals surface area contributed by atoms with Crippen LogP contribution in [0.15, 0.2) is 17.2 Å². The predicted molar refractivity (Wildman–Crippen MR) is 83.6 cm³/mol. The third kappa shape index (κ3) is 4.81. The number of aliphatic hydroxyl groups is 1. The van der Waals surface area contributed by atoms with Crippen molar-refractivity contribution in [2.24, 2.45) is 0 Å². The van der Waals surface area contributed by atoms with E-state index in [0.717, 1.165) is 26.1 Å². The van der Waals surface area contributed by atoms with Gasteiger partial charge >= 0.3 is 0 Å². The lowest BCUT2D eigenvalue weighted by Gasteiger charge is -2.22. The standard InChI is InChI=1S/C14H27N3O3S/c1-4-16(5-2)8-7-9-17(6-3)21(19,20)14-10-13(12-18)15-11-14/h10-11,15,18H,4-9,12H2,1-3H3. The van der Waals surface area contributed by atoms with Crippen LogP contribution in [0.1, 0.15) is 32.9 Å². The maximum absolute atomic E-state index is 12.5. The number of H-pyrrole nitrogens is 1. The molecule has 1 heterocycles. The van der Waals surface area contributed by atoms with E-state index >= 15 is 0 Å². The summed E-state index contributed by atoms with van der Waals surface area (Å²) in [5.74, 6) is 0. The molecule has 0 saturated carbocycles. The van der Waals surface area contributed by atoms with Gasteiger partial charge in [0, 0.05) is 25.0 Å². The first-order valence-electron chi connectivity index (χ1n) is 7.50. The molecule has 0 spiro atoms. The molecular formula is C14H27N3O3S. The molecule has 21 heavy (non-hydrogen) atoms. The molecule has 0 aliphatic heterocycles. The van der Waals surface area contributed by atoms with Crippen LogP contribution in [0.3, 0.4) is 0 Å². The SMILES string of the molecule is CCN(CC)CCCN(CC)S(=O)(=O)c1c[nH]c(CO)c1. The fraction of sp³-hybridized carbons (Fsp3) is 0.714. The first-order chi connectivity index (χ1) is 9.99. The van der Waals surface area contributed by atoms with Gasteiger partial charge in [0.1, 0.15) is 0 Å². The smallest absolute Gasteiger partial charge is 0.244 e. The van der Waals surface area contributed by atoms with Gasteiger partial charge in [-0.15, -0.1) is 0 Å². The van der Waals surface area contributed by atoms with Gasteiger partial charge in [-0.1, -0.05) is 20.8 Å². The average Bonchev–Trinajstić information content (AvgIpc) is 2.97. The molecule has 0 saturated heterocycles. The van der Waals surface area contributed by atoms with Crippen LogP contribution < -0.4 is 0 Å². The first-order valence-corrected chi connectivity index (χ1v) is 8.94. The second-order valence-electron chi connectivity index (χ2n) is 4.90. The van der Waals surface area contributed by atoms with Crippen LogP contribution in [0.4, 0.5) is 0 Å². The molecule has 0 amide bonds. The molecule has 1 aromatic rings. The summed E-state index contributed by atoms with van der Waals surface area (Å²) >= 11 is 0. The van der Waals surface area contributed by atoms with Gasteiger partial charge in [-0.3, -0.25) is 0 Å². The summed E-state index contributed by atoms with van der Waals surface area (Å²) in [4.78, 5) is 5.27. The maximum atomic E-state index is 12.5. The van der Waals surface area contributed by atoms with Crippen LogP contribution in [0, 0.1) is 0 Å².